The Labute approximate surface area is 468 Å². The largest absolute Gasteiger partial charge is 0.480 e. The molecule has 5 rings (SSSR count). The van der Waals surface area contributed by atoms with Gasteiger partial charge in [-0.05, 0) is 67.6 Å². The average molecular weight is 1120 g/mol. The number of rotatable bonds is 30. The van der Waals surface area contributed by atoms with Crippen LogP contribution in [0.3, 0.4) is 0 Å². The lowest BCUT2D eigenvalue weighted by atomic mass is 10.0. The van der Waals surface area contributed by atoms with Gasteiger partial charge in [0.05, 0.1) is 12.1 Å². The number of nitrogens with one attached hydrogen (secondary N) is 8. The highest BCUT2D eigenvalue weighted by Gasteiger charge is 2.38. The summed E-state index contributed by atoms with van der Waals surface area (Å²) in [5.41, 5.74) is 14.4. The smallest absolute Gasteiger partial charge is 0.327 e. The minimum Gasteiger partial charge on any atom is -0.480 e. The van der Waals surface area contributed by atoms with Crippen LogP contribution in [0, 0.1) is 0 Å². The second-order valence-corrected chi connectivity index (χ2v) is 19.5. The van der Waals surface area contributed by atoms with Gasteiger partial charge in [0, 0.05) is 60.5 Å². The molecule has 0 aliphatic carbocycles. The minimum atomic E-state index is -1.85. The van der Waals surface area contributed by atoms with E-state index in [0.717, 1.165) is 4.90 Å². The number of hydrogen-bond acceptors (Lipinski definition) is 14. The maximum Gasteiger partial charge on any atom is 0.327 e. The van der Waals surface area contributed by atoms with Crippen molar-refractivity contribution in [3.05, 3.63) is 144 Å². The number of carboxylic acid groups (broad SMARTS) is 1. The summed E-state index contributed by atoms with van der Waals surface area (Å²) >= 11 is 8.14. The monoisotopic (exact) mass is 1120 g/mol. The Bertz CT molecular complexity index is 2860. The SMILES string of the molecule is C[C@@H](O)[C@H](NC(=O)[C@H](CCCCN)NC(=O)[C@@H](Cc1c[nH]c2ccccc12)NC(=O)[C@H](NC(=O)[C@H](Cc1ccccc1)NC(=O)[C@@H](N)CS)N(C)C(=O)c1ccccc1)C(=O)N[C@@H](Cc1ccccc1)C(=O)N[C@@H](CS)C(=O)O. The number of carbonyl (C=O) groups is 9. The fraction of sp³-hybridized carbons (Fsp3) is 0.364. The molecule has 0 aliphatic rings. The van der Waals surface area contributed by atoms with Crippen LogP contribution in [0.25, 0.3) is 10.9 Å². The summed E-state index contributed by atoms with van der Waals surface area (Å²) in [5, 5.41) is 39.3. The average Bonchev–Trinajstić information content (AvgIpc) is 3.87. The lowest BCUT2D eigenvalue weighted by molar-refractivity contribution is -0.141. The second kappa shape index (κ2) is 31.0. The van der Waals surface area contributed by atoms with E-state index in [2.05, 4.69) is 67.5 Å². The van der Waals surface area contributed by atoms with Crippen LogP contribution in [0.5, 0.6) is 0 Å². The molecule has 22 nitrogen and oxygen atoms in total. The molecule has 0 spiro atoms. The van der Waals surface area contributed by atoms with Gasteiger partial charge in [0.15, 0.2) is 6.17 Å². The number of aromatic amines is 1. The standard InChI is InChI=1S/C55H69N11O11S2/c1-32(67)45(52(73)61-41(26-33-16-6-3-7-17-33)49(70)63-44(31-79)55(76)77)64-48(69)40(24-14-15-25-56)59-50(71)43(28-36-29-58-39-23-13-12-22-37(36)39)62-53(74)46(66(2)54(75)35-20-10-5-11-21-35)65-51(72)42(60-47(68)38(57)30-78)27-34-18-8-4-9-19-34/h3-13,16-23,29,32,38,40-46,58,67,78-79H,14-15,24-28,30-31,56-57H2,1-2H3,(H,59,71)(H,60,68)(H,61,73)(H,62,74)(H,63,70)(H,64,69)(H,65,72)(H,76,77)/t32-,38+,40+,41+,42+,43-,44+,45+,46-/m1/s1. The maximum atomic E-state index is 15.0. The molecule has 14 N–H and O–H groups in total. The third-order valence-corrected chi connectivity index (χ3v) is 13.6. The van der Waals surface area contributed by atoms with Gasteiger partial charge >= 0.3 is 5.97 Å². The van der Waals surface area contributed by atoms with Crippen LogP contribution >= 0.6 is 25.3 Å². The van der Waals surface area contributed by atoms with Crippen molar-refractivity contribution >= 4 is 89.4 Å². The van der Waals surface area contributed by atoms with Crippen LogP contribution in [-0.2, 0) is 57.6 Å². The van der Waals surface area contributed by atoms with Crippen LogP contribution in [0.15, 0.2) is 121 Å². The van der Waals surface area contributed by atoms with Crippen molar-refractivity contribution in [1.29, 1.82) is 0 Å². The number of amides is 8. The van der Waals surface area contributed by atoms with E-state index >= 15 is 0 Å². The molecule has 0 saturated carbocycles. The third-order valence-electron chi connectivity index (χ3n) is 12.8. The molecular weight excluding hydrogens is 1050 g/mol. The number of aromatic nitrogens is 1. The number of nitrogens with two attached hydrogens (primary N) is 2. The molecule has 0 bridgehead atoms. The Morgan fingerprint density at radius 2 is 1.05 bits per heavy atom. The number of likely N-dealkylation sites (N-methyl/N-ethyl adjacent to an activating group) is 1. The van der Waals surface area contributed by atoms with Crippen LogP contribution in [-0.4, -0.2) is 153 Å². The van der Waals surface area contributed by atoms with Crippen LogP contribution in [0.2, 0.25) is 0 Å². The molecular formula is C55H69N11O11S2. The van der Waals surface area contributed by atoms with Gasteiger partial charge in [-0.25, -0.2) is 4.79 Å². The zero-order valence-corrected chi connectivity index (χ0v) is 45.5. The number of nitrogens with zero attached hydrogens (tertiary/aromatic N) is 1. The van der Waals surface area contributed by atoms with Gasteiger partial charge in [-0.1, -0.05) is 97.1 Å². The Hall–Kier alpha value is -7.77. The van der Waals surface area contributed by atoms with Crippen molar-refractivity contribution in [2.24, 2.45) is 11.5 Å². The molecule has 79 heavy (non-hydrogen) atoms. The quantitative estimate of drug-likeness (QED) is 0.0165. The highest BCUT2D eigenvalue weighted by atomic mass is 32.1. The molecule has 8 amide bonds. The zero-order valence-electron chi connectivity index (χ0n) is 43.7. The number of carbonyl (C=O) groups excluding carboxylic acids is 8. The topological polar surface area (TPSA) is 349 Å². The van der Waals surface area contributed by atoms with E-state index in [9.17, 15) is 53.4 Å². The normalized spacial score (nSPS) is 14.5. The number of H-pyrrole nitrogens is 1. The molecule has 4 aromatic carbocycles. The fourth-order valence-electron chi connectivity index (χ4n) is 8.35. The number of aliphatic hydroxyl groups excluding tert-OH is 1. The van der Waals surface area contributed by atoms with E-state index in [1.165, 1.54) is 26.1 Å². The lowest BCUT2D eigenvalue weighted by Crippen LogP contribution is -2.64. The van der Waals surface area contributed by atoms with Gasteiger partial charge in [0.2, 0.25) is 35.4 Å². The van der Waals surface area contributed by atoms with Crippen LogP contribution < -0.4 is 48.7 Å². The summed E-state index contributed by atoms with van der Waals surface area (Å²) in [6.45, 7) is 1.43. The van der Waals surface area contributed by atoms with Crippen molar-refractivity contribution in [2.45, 2.75) is 100 Å². The van der Waals surface area contributed by atoms with E-state index in [-0.39, 0.29) is 55.7 Å². The van der Waals surface area contributed by atoms with Gasteiger partial charge in [-0.15, -0.1) is 0 Å². The number of hydrogen-bond donors (Lipinski definition) is 14. The molecule has 0 radical (unpaired) electrons. The predicted octanol–water partition coefficient (Wildman–Crippen LogP) is 0.100. The number of thiol groups is 2. The highest BCUT2D eigenvalue weighted by molar-refractivity contribution is 7.80. The molecule has 422 valence electrons. The summed E-state index contributed by atoms with van der Waals surface area (Å²) in [4.78, 5) is 130. The Balaban J connectivity index is 1.48. The molecule has 5 aromatic rings. The van der Waals surface area contributed by atoms with Gasteiger partial charge in [0.25, 0.3) is 11.8 Å². The van der Waals surface area contributed by atoms with Crippen molar-refractivity contribution in [1.82, 2.24) is 47.1 Å². The first-order chi connectivity index (χ1) is 37.8. The van der Waals surface area contributed by atoms with E-state index in [4.69, 9.17) is 11.5 Å². The number of carboxylic acids is 1. The molecule has 9 atom stereocenters. The summed E-state index contributed by atoms with van der Waals surface area (Å²) in [7, 11) is 1.27. The molecule has 24 heteroatoms. The van der Waals surface area contributed by atoms with Crippen molar-refractivity contribution in [3.8, 4) is 0 Å². The molecule has 0 unspecified atom stereocenters. The third kappa shape index (κ3) is 18.4. The Kier molecular flexibility index (Phi) is 24.3. The van der Waals surface area contributed by atoms with Gasteiger partial charge < -0.3 is 68.8 Å². The van der Waals surface area contributed by atoms with Crippen molar-refractivity contribution < 1.29 is 53.4 Å². The predicted molar refractivity (Wildman–Crippen MR) is 302 cm³/mol. The maximum absolute atomic E-state index is 15.0. The van der Waals surface area contributed by atoms with Crippen LogP contribution in [0.1, 0.15) is 53.2 Å². The molecule has 0 aliphatic heterocycles. The minimum absolute atomic E-state index is 0.0540. The number of unbranched alkanes of at least 4 members (excludes halogenated alkanes) is 1. The van der Waals surface area contributed by atoms with Crippen LogP contribution in [0.4, 0.5) is 0 Å². The number of benzene rings is 4. The van der Waals surface area contributed by atoms with E-state index < -0.39 is 108 Å². The number of aliphatic carboxylic acids is 1. The summed E-state index contributed by atoms with van der Waals surface area (Å²) in [5.74, 6) is -8.82. The summed E-state index contributed by atoms with van der Waals surface area (Å²) < 4.78 is 0. The molecule has 1 heterocycles. The van der Waals surface area contributed by atoms with E-state index in [1.54, 1.807) is 109 Å². The van der Waals surface area contributed by atoms with Crippen molar-refractivity contribution in [3.63, 3.8) is 0 Å². The van der Waals surface area contributed by atoms with Crippen molar-refractivity contribution in [2.75, 3.05) is 25.1 Å². The lowest BCUT2D eigenvalue weighted by Gasteiger charge is -2.32. The van der Waals surface area contributed by atoms with E-state index in [0.29, 0.717) is 34.0 Å². The Morgan fingerprint density at radius 1 is 0.570 bits per heavy atom. The van der Waals surface area contributed by atoms with Gasteiger partial charge in [0.1, 0.15) is 36.3 Å². The van der Waals surface area contributed by atoms with E-state index in [1.807, 2.05) is 0 Å². The highest BCUT2D eigenvalue weighted by Crippen LogP contribution is 2.20. The first-order valence-electron chi connectivity index (χ1n) is 25.5. The fourth-order valence-corrected chi connectivity index (χ4v) is 8.76. The molecule has 0 saturated heterocycles. The molecule has 1 aromatic heterocycles. The number of aliphatic hydroxyl groups is 1. The second-order valence-electron chi connectivity index (χ2n) is 18.8. The first-order valence-corrected chi connectivity index (χ1v) is 26.8. The van der Waals surface area contributed by atoms with Gasteiger partial charge in [-0.2, -0.15) is 25.3 Å². The number of para-hydroxylation sites is 1. The molecule has 0 fully saturated rings. The number of fused-ring (bicyclic) bond motifs is 1. The van der Waals surface area contributed by atoms with Gasteiger partial charge in [-0.3, -0.25) is 38.4 Å². The Morgan fingerprint density at radius 3 is 1.59 bits per heavy atom. The first kappa shape index (κ1) is 62.1. The zero-order chi connectivity index (χ0) is 57.6. The summed E-state index contributed by atoms with van der Waals surface area (Å²) in [6.07, 6.45) is -1.59. The summed E-state index contributed by atoms with van der Waals surface area (Å²) in [6, 6.07) is 22.3.